The third-order valence-corrected chi connectivity index (χ3v) is 4.13. The Labute approximate surface area is 134 Å². The molecule has 1 heterocycles. The van der Waals surface area contributed by atoms with Crippen LogP contribution in [0.1, 0.15) is 35.2 Å². The lowest BCUT2D eigenvalue weighted by atomic mass is 10.1. The monoisotopic (exact) mass is 307 g/mol. The molecule has 5 heteroatoms. The molecule has 1 aromatic carbocycles. The number of carbonyl (C=O) groups is 1. The van der Waals surface area contributed by atoms with E-state index in [0.29, 0.717) is 11.3 Å². The molecular weight excluding hydrogens is 290 g/mol. The van der Waals surface area contributed by atoms with E-state index in [9.17, 15) is 9.90 Å². The van der Waals surface area contributed by atoms with Crippen molar-refractivity contribution >= 4 is 5.91 Å². The summed E-state index contributed by atoms with van der Waals surface area (Å²) in [5.41, 5.74) is 2.17. The van der Waals surface area contributed by atoms with Gasteiger partial charge in [0.25, 0.3) is 0 Å². The van der Waals surface area contributed by atoms with Crippen LogP contribution in [0.4, 0.5) is 0 Å². The topological polar surface area (TPSA) is 86.0 Å². The number of nitrogens with zero attached hydrogens (tertiary/aromatic N) is 2. The van der Waals surface area contributed by atoms with Crippen molar-refractivity contribution in [1.29, 1.82) is 5.26 Å². The van der Waals surface area contributed by atoms with Crippen molar-refractivity contribution in [3.05, 3.63) is 65.5 Å². The number of carbonyl (C=O) groups excluding carboxylic acids is 1. The van der Waals surface area contributed by atoms with Crippen molar-refractivity contribution < 1.29 is 9.90 Å². The van der Waals surface area contributed by atoms with Gasteiger partial charge in [-0.25, -0.2) is 0 Å². The van der Waals surface area contributed by atoms with Crippen molar-refractivity contribution in [2.75, 3.05) is 6.61 Å². The predicted octanol–water partition coefficient (Wildman–Crippen LogP) is 1.91. The van der Waals surface area contributed by atoms with Gasteiger partial charge in [-0.2, -0.15) is 5.26 Å². The predicted molar refractivity (Wildman–Crippen MR) is 84.2 cm³/mol. The molecule has 2 aromatic rings. The number of aromatic nitrogens is 1. The van der Waals surface area contributed by atoms with Crippen LogP contribution in [0, 0.1) is 17.2 Å². The molecule has 1 aliphatic rings. The Balaban J connectivity index is 1.63. The molecule has 3 atom stereocenters. The van der Waals surface area contributed by atoms with E-state index >= 15 is 0 Å². The zero-order valence-electron chi connectivity index (χ0n) is 12.5. The van der Waals surface area contributed by atoms with Gasteiger partial charge >= 0.3 is 0 Å². The minimum atomic E-state index is -0.549. The number of hydrogen-bond donors (Lipinski definition) is 2. The molecule has 1 aliphatic carbocycles. The highest BCUT2D eigenvalue weighted by Crippen LogP contribution is 2.47. The molecule has 116 valence electrons. The lowest BCUT2D eigenvalue weighted by molar-refractivity contribution is -0.123. The minimum absolute atomic E-state index is 0.0511. The number of aliphatic hydroxyl groups excluding tert-OH is 1. The average Bonchev–Trinajstić information content (AvgIpc) is 3.41. The molecule has 0 spiro atoms. The summed E-state index contributed by atoms with van der Waals surface area (Å²) in [5, 5.41) is 21.1. The molecule has 1 saturated carbocycles. The molecule has 1 aromatic heterocycles. The molecule has 1 amide bonds. The van der Waals surface area contributed by atoms with Crippen LogP contribution in [-0.4, -0.2) is 22.6 Å². The molecule has 0 bridgehead atoms. The van der Waals surface area contributed by atoms with E-state index in [-0.39, 0.29) is 24.3 Å². The zero-order chi connectivity index (χ0) is 16.2. The number of benzene rings is 1. The fourth-order valence-electron chi connectivity index (χ4n) is 2.72. The van der Waals surface area contributed by atoms with E-state index < -0.39 is 6.04 Å². The van der Waals surface area contributed by atoms with Gasteiger partial charge in [0.1, 0.15) is 6.07 Å². The van der Waals surface area contributed by atoms with Crippen LogP contribution in [-0.2, 0) is 4.79 Å². The molecule has 0 unspecified atom stereocenters. The second-order valence-electron chi connectivity index (χ2n) is 5.69. The highest BCUT2D eigenvalue weighted by Gasteiger charge is 2.44. The Bertz CT molecular complexity index is 722. The number of hydrogen-bond acceptors (Lipinski definition) is 4. The van der Waals surface area contributed by atoms with Gasteiger partial charge in [0.05, 0.1) is 23.9 Å². The number of nitrogens with one attached hydrogen (secondary N) is 1. The van der Waals surface area contributed by atoms with Gasteiger partial charge < -0.3 is 10.4 Å². The number of amides is 1. The zero-order valence-corrected chi connectivity index (χ0v) is 12.5. The Morgan fingerprint density at radius 2 is 2.13 bits per heavy atom. The van der Waals surface area contributed by atoms with Gasteiger partial charge in [0, 0.05) is 12.1 Å². The largest absolute Gasteiger partial charge is 0.394 e. The number of aliphatic hydroxyl groups is 1. The molecule has 0 saturated heterocycles. The Kier molecular flexibility index (Phi) is 4.35. The number of pyridine rings is 1. The van der Waals surface area contributed by atoms with E-state index in [1.165, 1.54) is 11.8 Å². The van der Waals surface area contributed by atoms with E-state index in [2.05, 4.69) is 10.3 Å². The molecular formula is C18H17N3O2. The van der Waals surface area contributed by atoms with Crippen LogP contribution in [0.3, 0.4) is 0 Å². The molecule has 0 aliphatic heterocycles. The Morgan fingerprint density at radius 1 is 1.35 bits per heavy atom. The fourth-order valence-corrected chi connectivity index (χ4v) is 2.72. The van der Waals surface area contributed by atoms with Crippen LogP contribution in [0.15, 0.2) is 48.7 Å². The third kappa shape index (κ3) is 3.38. The van der Waals surface area contributed by atoms with Crippen molar-refractivity contribution in [2.24, 2.45) is 5.92 Å². The van der Waals surface area contributed by atoms with Crippen LogP contribution < -0.4 is 5.32 Å². The lowest BCUT2D eigenvalue weighted by Crippen LogP contribution is -2.32. The quantitative estimate of drug-likeness (QED) is 0.883. The highest BCUT2D eigenvalue weighted by atomic mass is 16.3. The van der Waals surface area contributed by atoms with Gasteiger partial charge in [0.15, 0.2) is 0 Å². The average molecular weight is 307 g/mol. The van der Waals surface area contributed by atoms with Crippen molar-refractivity contribution in [3.8, 4) is 6.07 Å². The van der Waals surface area contributed by atoms with E-state index in [1.54, 1.807) is 12.1 Å². The van der Waals surface area contributed by atoms with Crippen molar-refractivity contribution in [3.63, 3.8) is 0 Å². The Morgan fingerprint density at radius 3 is 2.74 bits per heavy atom. The maximum absolute atomic E-state index is 12.4. The lowest BCUT2D eigenvalue weighted by Gasteiger charge is -2.16. The van der Waals surface area contributed by atoms with Gasteiger partial charge in [-0.1, -0.05) is 30.3 Å². The summed E-state index contributed by atoms with van der Waals surface area (Å²) < 4.78 is 0. The molecule has 3 rings (SSSR count). The first-order chi connectivity index (χ1) is 11.2. The smallest absolute Gasteiger partial charge is 0.224 e. The Hall–Kier alpha value is -2.71. The molecule has 2 N–H and O–H groups in total. The van der Waals surface area contributed by atoms with Gasteiger partial charge in [-0.3, -0.25) is 9.78 Å². The second-order valence-corrected chi connectivity index (χ2v) is 5.69. The minimum Gasteiger partial charge on any atom is -0.394 e. The first kappa shape index (κ1) is 15.2. The maximum atomic E-state index is 12.4. The summed E-state index contributed by atoms with van der Waals surface area (Å²) in [6, 6.07) is 14.7. The SMILES string of the molecule is N#Cc1ccc([C@H](CO)NC(=O)[C@H]2C[C@@H]2c2ccccc2)nc1. The maximum Gasteiger partial charge on any atom is 0.224 e. The van der Waals surface area contributed by atoms with Crippen LogP contribution >= 0.6 is 0 Å². The molecule has 1 fully saturated rings. The normalized spacial score (nSPS) is 20.3. The van der Waals surface area contributed by atoms with Crippen molar-refractivity contribution in [1.82, 2.24) is 10.3 Å². The van der Waals surface area contributed by atoms with Crippen LogP contribution in [0.2, 0.25) is 0 Å². The summed E-state index contributed by atoms with van der Waals surface area (Å²) in [6.45, 7) is -0.229. The van der Waals surface area contributed by atoms with Gasteiger partial charge in [-0.15, -0.1) is 0 Å². The summed E-state index contributed by atoms with van der Waals surface area (Å²) >= 11 is 0. The fraction of sp³-hybridized carbons (Fsp3) is 0.278. The third-order valence-electron chi connectivity index (χ3n) is 4.13. The first-order valence-corrected chi connectivity index (χ1v) is 7.55. The van der Waals surface area contributed by atoms with Crippen LogP contribution in [0.25, 0.3) is 0 Å². The standard InChI is InChI=1S/C18H17N3O2/c19-9-12-6-7-16(20-10-12)17(11-22)21-18(23)15-8-14(15)13-4-2-1-3-5-13/h1-7,10,14-15,17,22H,8,11H2,(H,21,23)/t14-,15+,17+/m1/s1. The number of nitriles is 1. The summed E-state index contributed by atoms with van der Waals surface area (Å²) in [4.78, 5) is 16.5. The van der Waals surface area contributed by atoms with Crippen molar-refractivity contribution in [2.45, 2.75) is 18.4 Å². The first-order valence-electron chi connectivity index (χ1n) is 7.55. The molecule has 5 nitrogen and oxygen atoms in total. The molecule has 23 heavy (non-hydrogen) atoms. The van der Waals surface area contributed by atoms with E-state index in [4.69, 9.17) is 5.26 Å². The van der Waals surface area contributed by atoms with E-state index in [1.807, 2.05) is 36.4 Å². The highest BCUT2D eigenvalue weighted by molar-refractivity contribution is 5.83. The summed E-state index contributed by atoms with van der Waals surface area (Å²) in [5.74, 6) is 0.137. The summed E-state index contributed by atoms with van der Waals surface area (Å²) in [7, 11) is 0. The van der Waals surface area contributed by atoms with Crippen LogP contribution in [0.5, 0.6) is 0 Å². The van der Waals surface area contributed by atoms with Gasteiger partial charge in [0.2, 0.25) is 5.91 Å². The van der Waals surface area contributed by atoms with E-state index in [0.717, 1.165) is 6.42 Å². The summed E-state index contributed by atoms with van der Waals surface area (Å²) in [6.07, 6.45) is 2.27. The second kappa shape index (κ2) is 6.59. The molecule has 0 radical (unpaired) electrons. The van der Waals surface area contributed by atoms with Gasteiger partial charge in [-0.05, 0) is 30.0 Å². The number of rotatable bonds is 5.